The first-order chi connectivity index (χ1) is 12.6. The first-order valence-corrected chi connectivity index (χ1v) is 8.58. The first kappa shape index (κ1) is 16.1. The highest BCUT2D eigenvalue weighted by Gasteiger charge is 2.31. The van der Waals surface area contributed by atoms with E-state index in [4.69, 9.17) is 5.73 Å². The number of fused-ring (bicyclic) bond motifs is 1. The predicted molar refractivity (Wildman–Crippen MR) is 100 cm³/mol. The standard InChI is InChI=1S/C21H19N3O2/c22-20(25)18-10-13-24(19-9-2-1-8-17(18)19)21(26)15-6-5-7-16(14-15)23-11-3-4-12-23/h1-9,11-12,14,18H,10,13H2,(H2,22,25). The normalized spacial score (nSPS) is 16.2. The number of anilines is 1. The Hall–Kier alpha value is -3.34. The van der Waals surface area contributed by atoms with Crippen molar-refractivity contribution in [2.75, 3.05) is 11.4 Å². The number of carbonyl (C=O) groups excluding carboxylic acids is 2. The number of carbonyl (C=O) groups is 2. The van der Waals surface area contributed by atoms with E-state index in [1.165, 1.54) is 0 Å². The van der Waals surface area contributed by atoms with Crippen molar-refractivity contribution in [3.05, 3.63) is 84.2 Å². The largest absolute Gasteiger partial charge is 0.369 e. The number of nitrogens with two attached hydrogens (primary N) is 1. The summed E-state index contributed by atoms with van der Waals surface area (Å²) in [7, 11) is 0. The molecule has 2 amide bonds. The number of hydrogen-bond acceptors (Lipinski definition) is 2. The summed E-state index contributed by atoms with van der Waals surface area (Å²) in [4.78, 5) is 26.7. The van der Waals surface area contributed by atoms with Gasteiger partial charge in [0.1, 0.15) is 0 Å². The van der Waals surface area contributed by atoms with Crippen LogP contribution in [0.5, 0.6) is 0 Å². The molecule has 2 heterocycles. The van der Waals surface area contributed by atoms with Gasteiger partial charge >= 0.3 is 0 Å². The summed E-state index contributed by atoms with van der Waals surface area (Å²) in [5.41, 5.74) is 8.67. The molecule has 2 N–H and O–H groups in total. The summed E-state index contributed by atoms with van der Waals surface area (Å²) in [5, 5.41) is 0. The van der Waals surface area contributed by atoms with Crippen molar-refractivity contribution in [2.45, 2.75) is 12.3 Å². The Morgan fingerprint density at radius 1 is 0.962 bits per heavy atom. The number of nitrogens with zero attached hydrogens (tertiary/aromatic N) is 2. The van der Waals surface area contributed by atoms with Gasteiger partial charge in [0.2, 0.25) is 5.91 Å². The van der Waals surface area contributed by atoms with Gasteiger partial charge in [-0.1, -0.05) is 24.3 Å². The Morgan fingerprint density at radius 3 is 2.50 bits per heavy atom. The Bertz CT molecular complexity index is 963. The summed E-state index contributed by atoms with van der Waals surface area (Å²) in [6.45, 7) is 0.469. The van der Waals surface area contributed by atoms with Gasteiger partial charge in [0, 0.05) is 35.9 Å². The van der Waals surface area contributed by atoms with Crippen LogP contribution >= 0.6 is 0 Å². The van der Waals surface area contributed by atoms with Crippen LogP contribution < -0.4 is 10.6 Å². The van der Waals surface area contributed by atoms with Crippen molar-refractivity contribution >= 4 is 17.5 Å². The molecule has 1 unspecified atom stereocenters. The zero-order valence-electron chi connectivity index (χ0n) is 14.2. The molecule has 5 nitrogen and oxygen atoms in total. The zero-order valence-corrected chi connectivity index (χ0v) is 14.2. The average Bonchev–Trinajstić information content (AvgIpc) is 3.21. The van der Waals surface area contributed by atoms with Crippen molar-refractivity contribution in [2.24, 2.45) is 5.73 Å². The van der Waals surface area contributed by atoms with Crippen LogP contribution in [-0.2, 0) is 4.79 Å². The molecule has 4 rings (SSSR count). The van der Waals surface area contributed by atoms with E-state index >= 15 is 0 Å². The fourth-order valence-corrected chi connectivity index (χ4v) is 3.53. The Kier molecular flexibility index (Phi) is 4.05. The highest BCUT2D eigenvalue weighted by atomic mass is 16.2. The lowest BCUT2D eigenvalue weighted by molar-refractivity contribution is -0.119. The van der Waals surface area contributed by atoms with Gasteiger partial charge in [0.25, 0.3) is 5.91 Å². The maximum Gasteiger partial charge on any atom is 0.258 e. The van der Waals surface area contributed by atoms with Crippen molar-refractivity contribution in [1.29, 1.82) is 0 Å². The van der Waals surface area contributed by atoms with Crippen LogP contribution in [0.4, 0.5) is 5.69 Å². The summed E-state index contributed by atoms with van der Waals surface area (Å²) in [6, 6.07) is 18.9. The number of primary amides is 1. The molecular weight excluding hydrogens is 326 g/mol. The Morgan fingerprint density at radius 2 is 1.73 bits per heavy atom. The topological polar surface area (TPSA) is 68.3 Å². The molecule has 5 heteroatoms. The molecule has 0 spiro atoms. The third-order valence-corrected chi connectivity index (χ3v) is 4.83. The van der Waals surface area contributed by atoms with Gasteiger partial charge in [-0.05, 0) is 48.4 Å². The highest BCUT2D eigenvalue weighted by Crippen LogP contribution is 2.35. The predicted octanol–water partition coefficient (Wildman–Crippen LogP) is 3.10. The highest BCUT2D eigenvalue weighted by molar-refractivity contribution is 6.07. The van der Waals surface area contributed by atoms with Gasteiger partial charge in [-0.3, -0.25) is 9.59 Å². The molecule has 0 saturated carbocycles. The van der Waals surface area contributed by atoms with Crippen LogP contribution in [0.2, 0.25) is 0 Å². The van der Waals surface area contributed by atoms with Crippen LogP contribution in [0.1, 0.15) is 28.3 Å². The van der Waals surface area contributed by atoms with Crippen molar-refractivity contribution in [1.82, 2.24) is 4.57 Å². The number of aromatic nitrogens is 1. The minimum atomic E-state index is -0.348. The smallest absolute Gasteiger partial charge is 0.258 e. The molecule has 0 aliphatic carbocycles. The number of benzene rings is 2. The molecule has 26 heavy (non-hydrogen) atoms. The lowest BCUT2D eigenvalue weighted by Crippen LogP contribution is -2.39. The first-order valence-electron chi connectivity index (χ1n) is 8.58. The molecule has 0 bridgehead atoms. The van der Waals surface area contributed by atoms with E-state index in [0.717, 1.165) is 16.9 Å². The van der Waals surface area contributed by atoms with Crippen LogP contribution in [0.3, 0.4) is 0 Å². The van der Waals surface area contributed by atoms with Crippen LogP contribution in [0, 0.1) is 0 Å². The fraction of sp³-hybridized carbons (Fsp3) is 0.143. The second-order valence-corrected chi connectivity index (χ2v) is 6.40. The fourth-order valence-electron chi connectivity index (χ4n) is 3.53. The second-order valence-electron chi connectivity index (χ2n) is 6.40. The summed E-state index contributed by atoms with van der Waals surface area (Å²) >= 11 is 0. The van der Waals surface area contributed by atoms with E-state index in [-0.39, 0.29) is 17.7 Å². The van der Waals surface area contributed by atoms with E-state index in [0.29, 0.717) is 18.5 Å². The number of rotatable bonds is 3. The van der Waals surface area contributed by atoms with Crippen molar-refractivity contribution in [3.8, 4) is 5.69 Å². The summed E-state index contributed by atoms with van der Waals surface area (Å²) in [6.07, 6.45) is 4.42. The van der Waals surface area contributed by atoms with Crippen molar-refractivity contribution < 1.29 is 9.59 Å². The number of amides is 2. The van der Waals surface area contributed by atoms with E-state index in [2.05, 4.69) is 0 Å². The average molecular weight is 345 g/mol. The zero-order chi connectivity index (χ0) is 18.1. The molecule has 1 aliphatic rings. The van der Waals surface area contributed by atoms with Gasteiger partial charge in [-0.15, -0.1) is 0 Å². The maximum atomic E-state index is 13.2. The van der Waals surface area contributed by atoms with Gasteiger partial charge in [0.15, 0.2) is 0 Å². The van der Waals surface area contributed by atoms with Gasteiger partial charge < -0.3 is 15.2 Å². The van der Waals surface area contributed by atoms with Crippen LogP contribution in [0.15, 0.2) is 73.1 Å². The quantitative estimate of drug-likeness (QED) is 0.792. The molecule has 3 aromatic rings. The Labute approximate surface area is 151 Å². The molecule has 2 aromatic carbocycles. The van der Waals surface area contributed by atoms with Gasteiger partial charge in [-0.25, -0.2) is 0 Å². The molecule has 1 aliphatic heterocycles. The minimum Gasteiger partial charge on any atom is -0.369 e. The summed E-state index contributed by atoms with van der Waals surface area (Å²) in [5.74, 6) is -0.769. The second kappa shape index (κ2) is 6.52. The molecule has 0 radical (unpaired) electrons. The third-order valence-electron chi connectivity index (χ3n) is 4.83. The third kappa shape index (κ3) is 2.77. The maximum absolute atomic E-state index is 13.2. The van der Waals surface area contributed by atoms with Crippen LogP contribution in [-0.4, -0.2) is 22.9 Å². The molecule has 1 aromatic heterocycles. The van der Waals surface area contributed by atoms with E-state index < -0.39 is 0 Å². The lowest BCUT2D eigenvalue weighted by Gasteiger charge is -2.33. The lowest BCUT2D eigenvalue weighted by atomic mass is 9.89. The molecule has 1 atom stereocenters. The minimum absolute atomic E-state index is 0.0747. The number of para-hydroxylation sites is 1. The van der Waals surface area contributed by atoms with Gasteiger partial charge in [0.05, 0.1) is 5.92 Å². The molecule has 0 fully saturated rings. The number of hydrogen-bond donors (Lipinski definition) is 1. The molecule has 0 saturated heterocycles. The summed E-state index contributed by atoms with van der Waals surface area (Å²) < 4.78 is 1.96. The van der Waals surface area contributed by atoms with Gasteiger partial charge in [-0.2, -0.15) is 0 Å². The van der Waals surface area contributed by atoms with Crippen LogP contribution in [0.25, 0.3) is 5.69 Å². The van der Waals surface area contributed by atoms with E-state index in [1.807, 2.05) is 77.6 Å². The molecule has 130 valence electrons. The molecular formula is C21H19N3O2. The SMILES string of the molecule is NC(=O)C1CCN(C(=O)c2cccc(-n3cccc3)c2)c2ccccc21. The monoisotopic (exact) mass is 345 g/mol. The van der Waals surface area contributed by atoms with E-state index in [9.17, 15) is 9.59 Å². The Balaban J connectivity index is 1.70. The van der Waals surface area contributed by atoms with Crippen molar-refractivity contribution in [3.63, 3.8) is 0 Å². The van der Waals surface area contributed by atoms with E-state index in [1.54, 1.807) is 4.90 Å².